The first kappa shape index (κ1) is 13.6. The second kappa shape index (κ2) is 5.05. The molecule has 0 unspecified atom stereocenters. The lowest BCUT2D eigenvalue weighted by Crippen LogP contribution is -1.99. The molecule has 0 aliphatic heterocycles. The number of carbonyl (C=O) groups is 1. The van der Waals surface area contributed by atoms with Crippen LogP contribution in [0.25, 0.3) is 11.3 Å². The number of halogens is 1. The van der Waals surface area contributed by atoms with Crippen LogP contribution in [0.2, 0.25) is 0 Å². The first-order chi connectivity index (χ1) is 8.95. The molecule has 0 bridgehead atoms. The first-order valence-corrected chi connectivity index (χ1v) is 6.35. The van der Waals surface area contributed by atoms with Crippen molar-refractivity contribution in [2.75, 3.05) is 7.11 Å². The molecule has 0 saturated heterocycles. The van der Waals surface area contributed by atoms with Crippen molar-refractivity contribution in [2.24, 2.45) is 7.05 Å². The Morgan fingerprint density at radius 2 is 2.16 bits per heavy atom. The maximum absolute atomic E-state index is 11.1. The van der Waals surface area contributed by atoms with E-state index in [9.17, 15) is 4.79 Å². The van der Waals surface area contributed by atoms with E-state index < -0.39 is 5.97 Å². The molecule has 19 heavy (non-hydrogen) atoms. The van der Waals surface area contributed by atoms with Gasteiger partial charge in [0.25, 0.3) is 0 Å². The number of benzene rings is 1. The number of hydrogen-bond acceptors (Lipinski definition) is 3. The van der Waals surface area contributed by atoms with E-state index in [1.54, 1.807) is 18.8 Å². The standard InChI is InChI=1S/C13H13BrN2O3/c1-7-6-8(4-5-9(7)19-3)12-10(14)11(13(17)18)15-16(12)2/h4-6H,1-3H3,(H,17,18). The van der Waals surface area contributed by atoms with Crippen LogP contribution in [0.1, 0.15) is 16.1 Å². The van der Waals surface area contributed by atoms with Crippen LogP contribution in [0, 0.1) is 6.92 Å². The zero-order valence-corrected chi connectivity index (χ0v) is 12.4. The fraction of sp³-hybridized carbons (Fsp3) is 0.231. The minimum atomic E-state index is -1.06. The Hall–Kier alpha value is -1.82. The zero-order valence-electron chi connectivity index (χ0n) is 10.8. The molecule has 0 aliphatic rings. The van der Waals surface area contributed by atoms with Gasteiger partial charge in [0.2, 0.25) is 0 Å². The van der Waals surface area contributed by atoms with Gasteiger partial charge in [-0.25, -0.2) is 4.79 Å². The minimum absolute atomic E-state index is 0.00553. The van der Waals surface area contributed by atoms with E-state index in [4.69, 9.17) is 9.84 Å². The monoisotopic (exact) mass is 324 g/mol. The zero-order chi connectivity index (χ0) is 14.2. The summed E-state index contributed by atoms with van der Waals surface area (Å²) in [6.45, 7) is 1.94. The summed E-state index contributed by atoms with van der Waals surface area (Å²) in [4.78, 5) is 11.1. The molecule has 0 fully saturated rings. The number of ether oxygens (including phenoxy) is 1. The van der Waals surface area contributed by atoms with Crippen molar-refractivity contribution in [3.63, 3.8) is 0 Å². The number of aryl methyl sites for hydroxylation is 2. The number of hydrogen-bond donors (Lipinski definition) is 1. The van der Waals surface area contributed by atoms with Crippen molar-refractivity contribution in [3.8, 4) is 17.0 Å². The summed E-state index contributed by atoms with van der Waals surface area (Å²) in [7, 11) is 3.33. The van der Waals surface area contributed by atoms with Crippen LogP contribution in [0.15, 0.2) is 22.7 Å². The van der Waals surface area contributed by atoms with Crippen molar-refractivity contribution >= 4 is 21.9 Å². The molecule has 100 valence electrons. The van der Waals surface area contributed by atoms with E-state index in [0.29, 0.717) is 4.47 Å². The van der Waals surface area contributed by atoms with Gasteiger partial charge in [0.05, 0.1) is 17.3 Å². The average molecular weight is 325 g/mol. The molecule has 0 saturated carbocycles. The highest BCUT2D eigenvalue weighted by atomic mass is 79.9. The van der Waals surface area contributed by atoms with Crippen LogP contribution in [-0.4, -0.2) is 28.0 Å². The Bertz CT molecular complexity index is 650. The lowest BCUT2D eigenvalue weighted by Gasteiger charge is -2.08. The summed E-state index contributed by atoms with van der Waals surface area (Å²) < 4.78 is 7.24. The van der Waals surface area contributed by atoms with Crippen molar-refractivity contribution in [3.05, 3.63) is 33.9 Å². The number of carboxylic acid groups (broad SMARTS) is 1. The Labute approximate surface area is 118 Å². The summed E-state index contributed by atoms with van der Waals surface area (Å²) in [5, 5.41) is 13.1. The highest BCUT2D eigenvalue weighted by Crippen LogP contribution is 2.33. The predicted molar refractivity (Wildman–Crippen MR) is 74.6 cm³/mol. The quantitative estimate of drug-likeness (QED) is 0.942. The van der Waals surface area contributed by atoms with Gasteiger partial charge < -0.3 is 9.84 Å². The van der Waals surface area contributed by atoms with Crippen LogP contribution in [0.4, 0.5) is 0 Å². The molecule has 0 aliphatic carbocycles. The van der Waals surface area contributed by atoms with Crippen LogP contribution in [0.5, 0.6) is 5.75 Å². The van der Waals surface area contributed by atoms with Gasteiger partial charge in [-0.2, -0.15) is 5.10 Å². The van der Waals surface area contributed by atoms with Gasteiger partial charge in [0.1, 0.15) is 5.75 Å². The molecule has 5 nitrogen and oxygen atoms in total. The number of rotatable bonds is 3. The van der Waals surface area contributed by atoms with E-state index >= 15 is 0 Å². The fourth-order valence-electron chi connectivity index (χ4n) is 1.97. The van der Waals surface area contributed by atoms with E-state index in [-0.39, 0.29) is 5.69 Å². The first-order valence-electron chi connectivity index (χ1n) is 5.56. The van der Waals surface area contributed by atoms with Gasteiger partial charge in [-0.15, -0.1) is 0 Å². The van der Waals surface area contributed by atoms with E-state index in [1.165, 1.54) is 0 Å². The smallest absolute Gasteiger partial charge is 0.357 e. The number of nitrogens with zero attached hydrogens (tertiary/aromatic N) is 2. The van der Waals surface area contributed by atoms with Crippen LogP contribution < -0.4 is 4.74 Å². The van der Waals surface area contributed by atoms with Crippen molar-refractivity contribution in [1.29, 1.82) is 0 Å². The third-order valence-corrected chi connectivity index (χ3v) is 3.61. The number of aromatic carboxylic acids is 1. The Morgan fingerprint density at radius 3 is 2.63 bits per heavy atom. The van der Waals surface area contributed by atoms with Gasteiger partial charge >= 0.3 is 5.97 Å². The summed E-state index contributed by atoms with van der Waals surface area (Å²) in [5.74, 6) is -0.264. The summed E-state index contributed by atoms with van der Waals surface area (Å²) in [6, 6.07) is 5.66. The Morgan fingerprint density at radius 1 is 1.47 bits per heavy atom. The van der Waals surface area contributed by atoms with Gasteiger partial charge in [-0.1, -0.05) is 0 Å². The van der Waals surface area contributed by atoms with E-state index in [1.807, 2.05) is 25.1 Å². The third-order valence-electron chi connectivity index (χ3n) is 2.86. The van der Waals surface area contributed by atoms with Crippen molar-refractivity contribution in [1.82, 2.24) is 9.78 Å². The highest BCUT2D eigenvalue weighted by Gasteiger charge is 2.20. The van der Waals surface area contributed by atoms with Gasteiger partial charge in [-0.05, 0) is 46.6 Å². The molecular weight excluding hydrogens is 312 g/mol. The fourth-order valence-corrected chi connectivity index (χ4v) is 2.71. The molecular formula is C13H13BrN2O3. The predicted octanol–water partition coefficient (Wildman–Crippen LogP) is 2.86. The molecule has 0 amide bonds. The molecule has 2 aromatic rings. The van der Waals surface area contributed by atoms with E-state index in [2.05, 4.69) is 21.0 Å². The van der Waals surface area contributed by atoms with E-state index in [0.717, 1.165) is 22.6 Å². The maximum Gasteiger partial charge on any atom is 0.357 e. The summed E-state index contributed by atoms with van der Waals surface area (Å²) in [6.07, 6.45) is 0. The van der Waals surface area contributed by atoms with Gasteiger partial charge in [-0.3, -0.25) is 4.68 Å². The molecule has 1 aromatic carbocycles. The minimum Gasteiger partial charge on any atom is -0.496 e. The molecule has 6 heteroatoms. The Balaban J connectivity index is 2.59. The number of methoxy groups -OCH3 is 1. The van der Waals surface area contributed by atoms with Crippen LogP contribution in [-0.2, 0) is 7.05 Å². The normalized spacial score (nSPS) is 10.5. The molecule has 1 aromatic heterocycles. The number of carboxylic acids is 1. The van der Waals surface area contributed by atoms with Crippen LogP contribution in [0.3, 0.4) is 0 Å². The molecule has 1 N–H and O–H groups in total. The Kier molecular flexibility index (Phi) is 3.61. The summed E-state index contributed by atoms with van der Waals surface area (Å²) >= 11 is 3.30. The molecule has 2 rings (SSSR count). The average Bonchev–Trinajstić information content (AvgIpc) is 2.65. The third kappa shape index (κ3) is 2.35. The molecule has 0 radical (unpaired) electrons. The summed E-state index contributed by atoms with van der Waals surface area (Å²) in [5.41, 5.74) is 2.59. The van der Waals surface area contributed by atoms with Crippen molar-refractivity contribution < 1.29 is 14.6 Å². The molecule has 0 spiro atoms. The topological polar surface area (TPSA) is 64.3 Å². The number of aromatic nitrogens is 2. The van der Waals surface area contributed by atoms with Crippen molar-refractivity contribution in [2.45, 2.75) is 6.92 Å². The highest BCUT2D eigenvalue weighted by molar-refractivity contribution is 9.10. The van der Waals surface area contributed by atoms with Gasteiger partial charge in [0, 0.05) is 12.6 Å². The largest absolute Gasteiger partial charge is 0.496 e. The second-order valence-corrected chi connectivity index (χ2v) is 4.92. The van der Waals surface area contributed by atoms with Gasteiger partial charge in [0.15, 0.2) is 5.69 Å². The maximum atomic E-state index is 11.1. The lowest BCUT2D eigenvalue weighted by molar-refractivity contribution is 0.0688. The van der Waals surface area contributed by atoms with Crippen LogP contribution >= 0.6 is 15.9 Å². The SMILES string of the molecule is COc1ccc(-c2c(Br)c(C(=O)O)nn2C)cc1C. The molecule has 0 atom stereocenters. The second-order valence-electron chi connectivity index (χ2n) is 4.12. The molecule has 1 heterocycles. The lowest BCUT2D eigenvalue weighted by atomic mass is 10.1.